The van der Waals surface area contributed by atoms with Gasteiger partial charge in [0.05, 0.1) is 6.61 Å². The molecular weight excluding hydrogens is 219 g/mol. The topological polar surface area (TPSA) is 29.5 Å². The van der Waals surface area contributed by atoms with E-state index < -0.39 is 0 Å². The molecule has 0 unspecified atom stereocenters. The highest BCUT2D eigenvalue weighted by atomic mass is 19.1. The molecule has 0 bridgehead atoms. The molecule has 2 nitrogen and oxygen atoms in total. The first-order valence-electron chi connectivity index (χ1n) is 5.41. The number of hydrogen-bond acceptors (Lipinski definition) is 2. The zero-order valence-corrected chi connectivity index (χ0v) is 9.27. The van der Waals surface area contributed by atoms with Crippen LogP contribution >= 0.6 is 0 Å². The third-order valence-electron chi connectivity index (χ3n) is 2.46. The van der Waals surface area contributed by atoms with Crippen LogP contribution in [0.2, 0.25) is 0 Å². The summed E-state index contributed by atoms with van der Waals surface area (Å²) < 4.78 is 18.5. The smallest absolute Gasteiger partial charge is 0.165 e. The molecule has 0 radical (unpaired) electrons. The van der Waals surface area contributed by atoms with Crippen LogP contribution in [0.4, 0.5) is 4.39 Å². The molecule has 0 atom stereocenters. The van der Waals surface area contributed by atoms with E-state index in [9.17, 15) is 9.50 Å². The van der Waals surface area contributed by atoms with E-state index in [4.69, 9.17) is 4.74 Å². The van der Waals surface area contributed by atoms with Gasteiger partial charge in [-0.15, -0.1) is 0 Å². The fraction of sp³-hybridized carbons (Fsp3) is 0.143. The van der Waals surface area contributed by atoms with Gasteiger partial charge in [-0.25, -0.2) is 4.39 Å². The van der Waals surface area contributed by atoms with Crippen LogP contribution in [-0.2, 0) is 6.42 Å². The lowest BCUT2D eigenvalue weighted by molar-refractivity contribution is 0.303. The summed E-state index contributed by atoms with van der Waals surface area (Å²) in [4.78, 5) is 0. The van der Waals surface area contributed by atoms with Crippen molar-refractivity contribution in [1.29, 1.82) is 0 Å². The first kappa shape index (κ1) is 11.5. The fourth-order valence-electron chi connectivity index (χ4n) is 1.55. The molecule has 0 fully saturated rings. The van der Waals surface area contributed by atoms with E-state index in [0.717, 1.165) is 5.56 Å². The van der Waals surface area contributed by atoms with E-state index in [1.807, 2.05) is 12.1 Å². The van der Waals surface area contributed by atoms with Crippen molar-refractivity contribution < 1.29 is 14.2 Å². The molecule has 17 heavy (non-hydrogen) atoms. The molecular formula is C14H13FO2. The van der Waals surface area contributed by atoms with E-state index in [2.05, 4.69) is 0 Å². The van der Waals surface area contributed by atoms with Gasteiger partial charge in [0.15, 0.2) is 11.6 Å². The van der Waals surface area contributed by atoms with E-state index >= 15 is 0 Å². The van der Waals surface area contributed by atoms with Gasteiger partial charge in [0.1, 0.15) is 5.75 Å². The Morgan fingerprint density at radius 2 is 1.71 bits per heavy atom. The van der Waals surface area contributed by atoms with Crippen LogP contribution in [0.3, 0.4) is 0 Å². The van der Waals surface area contributed by atoms with Crippen LogP contribution < -0.4 is 4.74 Å². The van der Waals surface area contributed by atoms with Gasteiger partial charge in [-0.3, -0.25) is 0 Å². The Balaban J connectivity index is 1.93. The zero-order chi connectivity index (χ0) is 12.1. The van der Waals surface area contributed by atoms with Crippen LogP contribution in [0, 0.1) is 5.82 Å². The summed E-state index contributed by atoms with van der Waals surface area (Å²) in [5.74, 6) is 0.109. The van der Waals surface area contributed by atoms with E-state index in [1.54, 1.807) is 30.3 Å². The predicted molar refractivity (Wildman–Crippen MR) is 63.7 cm³/mol. The van der Waals surface area contributed by atoms with Crippen molar-refractivity contribution in [3.8, 4) is 11.5 Å². The maximum Gasteiger partial charge on any atom is 0.165 e. The Morgan fingerprint density at radius 3 is 2.47 bits per heavy atom. The van der Waals surface area contributed by atoms with Crippen LogP contribution in [0.1, 0.15) is 5.56 Å². The molecule has 88 valence electrons. The van der Waals surface area contributed by atoms with Crippen molar-refractivity contribution in [2.24, 2.45) is 0 Å². The highest BCUT2D eigenvalue weighted by molar-refractivity contribution is 5.32. The summed E-state index contributed by atoms with van der Waals surface area (Å²) in [6, 6.07) is 13.3. The highest BCUT2D eigenvalue weighted by Crippen LogP contribution is 2.18. The highest BCUT2D eigenvalue weighted by Gasteiger charge is 2.03. The lowest BCUT2D eigenvalue weighted by Crippen LogP contribution is -2.02. The molecule has 0 amide bonds. The SMILES string of the molecule is Oc1ccccc1CCOc1ccccc1F. The molecule has 2 aromatic carbocycles. The van der Waals surface area contributed by atoms with Crippen molar-refractivity contribution in [3.05, 3.63) is 59.9 Å². The van der Waals surface area contributed by atoms with Crippen LogP contribution in [0.5, 0.6) is 11.5 Å². The Bertz CT molecular complexity index is 452. The number of para-hydroxylation sites is 2. The summed E-state index contributed by atoms with van der Waals surface area (Å²) in [6.45, 7) is 0.332. The number of phenols is 1. The fourth-order valence-corrected chi connectivity index (χ4v) is 1.55. The second kappa shape index (κ2) is 5.34. The minimum Gasteiger partial charge on any atom is -0.508 e. The first-order valence-corrected chi connectivity index (χ1v) is 5.41. The second-order valence-electron chi connectivity index (χ2n) is 3.66. The zero-order valence-electron chi connectivity index (χ0n) is 9.27. The van der Waals surface area contributed by atoms with E-state index in [0.29, 0.717) is 13.0 Å². The maximum absolute atomic E-state index is 13.2. The molecule has 2 aromatic rings. The summed E-state index contributed by atoms with van der Waals surface area (Å²) in [7, 11) is 0. The first-order chi connectivity index (χ1) is 8.27. The minimum absolute atomic E-state index is 0.239. The molecule has 0 aromatic heterocycles. The van der Waals surface area contributed by atoms with Crippen molar-refractivity contribution in [1.82, 2.24) is 0 Å². The number of aromatic hydroxyl groups is 1. The van der Waals surface area contributed by atoms with Gasteiger partial charge < -0.3 is 9.84 Å². The molecule has 0 saturated carbocycles. The van der Waals surface area contributed by atoms with Gasteiger partial charge >= 0.3 is 0 Å². The van der Waals surface area contributed by atoms with Crippen molar-refractivity contribution in [2.45, 2.75) is 6.42 Å². The van der Waals surface area contributed by atoms with Crippen molar-refractivity contribution >= 4 is 0 Å². The average molecular weight is 232 g/mol. The predicted octanol–water partition coefficient (Wildman–Crippen LogP) is 3.15. The maximum atomic E-state index is 13.2. The molecule has 0 aliphatic carbocycles. The number of halogens is 1. The van der Waals surface area contributed by atoms with Gasteiger partial charge in [-0.1, -0.05) is 30.3 Å². The van der Waals surface area contributed by atoms with Crippen LogP contribution in [0.25, 0.3) is 0 Å². The lowest BCUT2D eigenvalue weighted by Gasteiger charge is -2.07. The number of rotatable bonds is 4. The number of hydrogen-bond donors (Lipinski definition) is 1. The van der Waals surface area contributed by atoms with Gasteiger partial charge in [0, 0.05) is 6.42 Å². The molecule has 0 aliphatic rings. The number of phenolic OH excluding ortho intramolecular Hbond substituents is 1. The van der Waals surface area contributed by atoms with E-state index in [-0.39, 0.29) is 17.3 Å². The normalized spacial score (nSPS) is 10.2. The van der Waals surface area contributed by atoms with Crippen molar-refractivity contribution in [3.63, 3.8) is 0 Å². The van der Waals surface area contributed by atoms with Gasteiger partial charge in [0.25, 0.3) is 0 Å². The molecule has 0 heterocycles. The van der Waals surface area contributed by atoms with Crippen molar-refractivity contribution in [2.75, 3.05) is 6.61 Å². The molecule has 1 N–H and O–H groups in total. The summed E-state index contributed by atoms with van der Waals surface area (Å²) in [5.41, 5.74) is 0.795. The standard InChI is InChI=1S/C14H13FO2/c15-12-6-2-4-8-14(12)17-10-9-11-5-1-3-7-13(11)16/h1-8,16H,9-10H2. The summed E-state index contributed by atoms with van der Waals surface area (Å²) in [5, 5.41) is 9.53. The van der Waals surface area contributed by atoms with Crippen LogP contribution in [-0.4, -0.2) is 11.7 Å². The second-order valence-corrected chi connectivity index (χ2v) is 3.66. The number of ether oxygens (including phenoxy) is 1. The third-order valence-corrected chi connectivity index (χ3v) is 2.46. The Hall–Kier alpha value is -2.03. The monoisotopic (exact) mass is 232 g/mol. The molecule has 3 heteroatoms. The Morgan fingerprint density at radius 1 is 1.00 bits per heavy atom. The molecule has 0 aliphatic heterocycles. The summed E-state index contributed by atoms with van der Waals surface area (Å²) >= 11 is 0. The quantitative estimate of drug-likeness (QED) is 0.877. The molecule has 0 spiro atoms. The van der Waals surface area contributed by atoms with Crippen LogP contribution in [0.15, 0.2) is 48.5 Å². The Kier molecular flexibility index (Phi) is 3.60. The molecule has 2 rings (SSSR count). The number of benzene rings is 2. The summed E-state index contributed by atoms with van der Waals surface area (Å²) in [6.07, 6.45) is 0.543. The average Bonchev–Trinajstić information content (AvgIpc) is 2.34. The van der Waals surface area contributed by atoms with Gasteiger partial charge in [-0.05, 0) is 23.8 Å². The molecule has 0 saturated heterocycles. The van der Waals surface area contributed by atoms with E-state index in [1.165, 1.54) is 6.07 Å². The van der Waals surface area contributed by atoms with Gasteiger partial charge in [-0.2, -0.15) is 0 Å². The largest absolute Gasteiger partial charge is 0.508 e. The third kappa shape index (κ3) is 2.97. The Labute approximate surface area is 99.3 Å². The lowest BCUT2D eigenvalue weighted by atomic mass is 10.1. The minimum atomic E-state index is -0.371. The van der Waals surface area contributed by atoms with Gasteiger partial charge in [0.2, 0.25) is 0 Å².